The molecule has 2 saturated heterocycles. The summed E-state index contributed by atoms with van der Waals surface area (Å²) in [6.45, 7) is 12.2. The Balaban J connectivity index is 2.17. The molecule has 4 unspecified atom stereocenters. The number of nitrogens with one attached hydrogen (secondary N) is 1. The lowest BCUT2D eigenvalue weighted by atomic mass is 9.84. The van der Waals surface area contributed by atoms with Gasteiger partial charge >= 0.3 is 5.97 Å². The SMILES string of the molecule is CC(C)C(CN1CCCC1C(=O)O)N(C)C(=O)C(NC(=O)C1CCCCN1C)C(C)(C)C. The number of hydrogen-bond acceptors (Lipinski definition) is 5. The van der Waals surface area contributed by atoms with E-state index in [1.54, 1.807) is 11.9 Å². The molecular formula is C24H44N4O4. The largest absolute Gasteiger partial charge is 0.480 e. The molecule has 0 aromatic carbocycles. The number of likely N-dealkylation sites (tertiary alicyclic amines) is 2. The minimum atomic E-state index is -0.796. The minimum absolute atomic E-state index is 0.0829. The molecule has 2 fully saturated rings. The third kappa shape index (κ3) is 6.44. The van der Waals surface area contributed by atoms with Crippen molar-refractivity contribution in [3.05, 3.63) is 0 Å². The fourth-order valence-corrected chi connectivity index (χ4v) is 5.01. The van der Waals surface area contributed by atoms with Crippen molar-refractivity contribution >= 4 is 17.8 Å². The Labute approximate surface area is 193 Å². The molecule has 2 rings (SSSR count). The van der Waals surface area contributed by atoms with Crippen LogP contribution < -0.4 is 5.32 Å². The van der Waals surface area contributed by atoms with Crippen LogP contribution >= 0.6 is 0 Å². The van der Waals surface area contributed by atoms with E-state index in [0.717, 1.165) is 38.8 Å². The van der Waals surface area contributed by atoms with Gasteiger partial charge in [0.15, 0.2) is 0 Å². The molecule has 8 nitrogen and oxygen atoms in total. The second kappa shape index (κ2) is 11.0. The highest BCUT2D eigenvalue weighted by molar-refractivity contribution is 5.90. The number of likely N-dealkylation sites (N-methyl/N-ethyl adjacent to an activating group) is 2. The van der Waals surface area contributed by atoms with Crippen LogP contribution in [0.5, 0.6) is 0 Å². The Morgan fingerprint density at radius 2 is 1.69 bits per heavy atom. The molecule has 4 atom stereocenters. The molecule has 0 spiro atoms. The zero-order valence-electron chi connectivity index (χ0n) is 21.1. The van der Waals surface area contributed by atoms with Crippen LogP contribution in [0.4, 0.5) is 0 Å². The third-order valence-electron chi connectivity index (χ3n) is 7.16. The van der Waals surface area contributed by atoms with Gasteiger partial charge in [0.1, 0.15) is 12.1 Å². The third-order valence-corrected chi connectivity index (χ3v) is 7.16. The molecule has 2 N–H and O–H groups in total. The van der Waals surface area contributed by atoms with Gasteiger partial charge in [0.2, 0.25) is 11.8 Å². The van der Waals surface area contributed by atoms with E-state index in [0.29, 0.717) is 13.0 Å². The van der Waals surface area contributed by atoms with E-state index in [-0.39, 0.29) is 29.8 Å². The number of carbonyl (C=O) groups is 3. The fraction of sp³-hybridized carbons (Fsp3) is 0.875. The second-order valence-electron chi connectivity index (χ2n) is 11.1. The quantitative estimate of drug-likeness (QED) is 0.585. The Bertz CT molecular complexity index is 675. The lowest BCUT2D eigenvalue weighted by molar-refractivity contribution is -0.144. The number of carboxylic acid groups (broad SMARTS) is 1. The van der Waals surface area contributed by atoms with Gasteiger partial charge < -0.3 is 15.3 Å². The van der Waals surface area contributed by atoms with Crippen molar-refractivity contribution in [1.82, 2.24) is 20.0 Å². The standard InChI is InChI=1S/C24H44N4O4/c1-16(2)19(15-28-14-10-12-18(28)23(31)32)27(7)22(30)20(24(3,4)5)25-21(29)17-11-8-9-13-26(17)6/h16-20H,8-15H2,1-7H3,(H,25,29)(H,31,32). The maximum absolute atomic E-state index is 13.7. The van der Waals surface area contributed by atoms with Crippen LogP contribution in [0.25, 0.3) is 0 Å². The lowest BCUT2D eigenvalue weighted by Gasteiger charge is -2.41. The smallest absolute Gasteiger partial charge is 0.320 e. The van der Waals surface area contributed by atoms with Gasteiger partial charge in [0.25, 0.3) is 0 Å². The average Bonchev–Trinajstić information content (AvgIpc) is 3.17. The second-order valence-corrected chi connectivity index (χ2v) is 11.1. The van der Waals surface area contributed by atoms with Gasteiger partial charge in [0, 0.05) is 19.6 Å². The van der Waals surface area contributed by atoms with Crippen molar-refractivity contribution in [3.8, 4) is 0 Å². The first-order chi connectivity index (χ1) is 14.8. The number of aliphatic carboxylic acids is 1. The highest BCUT2D eigenvalue weighted by atomic mass is 16.4. The molecule has 8 heteroatoms. The van der Waals surface area contributed by atoms with Crippen LogP contribution in [0.15, 0.2) is 0 Å². The number of nitrogens with zero attached hydrogens (tertiary/aromatic N) is 3. The number of hydrogen-bond donors (Lipinski definition) is 2. The van der Waals surface area contributed by atoms with Crippen LogP contribution in [-0.4, -0.2) is 95.5 Å². The van der Waals surface area contributed by atoms with E-state index < -0.39 is 23.5 Å². The monoisotopic (exact) mass is 452 g/mol. The zero-order chi connectivity index (χ0) is 24.2. The van der Waals surface area contributed by atoms with Gasteiger partial charge in [-0.25, -0.2) is 0 Å². The molecule has 0 radical (unpaired) electrons. The minimum Gasteiger partial charge on any atom is -0.480 e. The van der Waals surface area contributed by atoms with E-state index in [1.165, 1.54) is 0 Å². The first-order valence-electron chi connectivity index (χ1n) is 12.1. The summed E-state index contributed by atoms with van der Waals surface area (Å²) in [6, 6.07) is -1.47. The normalized spacial score (nSPS) is 24.9. The van der Waals surface area contributed by atoms with Gasteiger partial charge in [-0.05, 0) is 57.2 Å². The van der Waals surface area contributed by atoms with E-state index in [4.69, 9.17) is 0 Å². The predicted molar refractivity (Wildman–Crippen MR) is 125 cm³/mol. The van der Waals surface area contributed by atoms with Crippen LogP contribution in [0, 0.1) is 11.3 Å². The zero-order valence-corrected chi connectivity index (χ0v) is 21.1. The van der Waals surface area contributed by atoms with Crippen molar-refractivity contribution in [2.75, 3.05) is 33.7 Å². The summed E-state index contributed by atoms with van der Waals surface area (Å²) in [5.74, 6) is -0.843. The first-order valence-corrected chi connectivity index (χ1v) is 12.1. The Morgan fingerprint density at radius 3 is 2.22 bits per heavy atom. The molecule has 184 valence electrons. The van der Waals surface area contributed by atoms with Gasteiger partial charge in [-0.3, -0.25) is 24.2 Å². The molecule has 2 amide bonds. The summed E-state index contributed by atoms with van der Waals surface area (Å²) in [4.78, 5) is 44.2. The summed E-state index contributed by atoms with van der Waals surface area (Å²) in [5, 5.41) is 12.6. The highest BCUT2D eigenvalue weighted by Gasteiger charge is 2.40. The molecule has 2 aliphatic rings. The van der Waals surface area contributed by atoms with Crippen molar-refractivity contribution in [3.63, 3.8) is 0 Å². The Hall–Kier alpha value is -1.67. The van der Waals surface area contributed by atoms with Gasteiger partial charge in [-0.15, -0.1) is 0 Å². The summed E-state index contributed by atoms with van der Waals surface area (Å²) in [7, 11) is 3.75. The first kappa shape index (κ1) is 26.6. The van der Waals surface area contributed by atoms with Crippen LogP contribution in [0.3, 0.4) is 0 Å². The molecule has 0 aromatic rings. The summed E-state index contributed by atoms with van der Waals surface area (Å²) < 4.78 is 0. The molecule has 2 aliphatic heterocycles. The number of carbonyl (C=O) groups excluding carboxylic acids is 2. The summed E-state index contributed by atoms with van der Waals surface area (Å²) >= 11 is 0. The van der Waals surface area contributed by atoms with E-state index >= 15 is 0 Å². The molecule has 0 aliphatic carbocycles. The fourth-order valence-electron chi connectivity index (χ4n) is 5.01. The molecule has 0 saturated carbocycles. The average molecular weight is 453 g/mol. The van der Waals surface area contributed by atoms with Crippen LogP contribution in [0.1, 0.15) is 66.7 Å². The van der Waals surface area contributed by atoms with Gasteiger partial charge in [0.05, 0.1) is 6.04 Å². The molecule has 0 bridgehead atoms. The van der Waals surface area contributed by atoms with Crippen LogP contribution in [-0.2, 0) is 14.4 Å². The van der Waals surface area contributed by atoms with Crippen molar-refractivity contribution in [2.24, 2.45) is 11.3 Å². The maximum Gasteiger partial charge on any atom is 0.320 e. The predicted octanol–water partition coefficient (Wildman–Crippen LogP) is 2.03. The Kier molecular flexibility index (Phi) is 9.11. The van der Waals surface area contributed by atoms with E-state index in [2.05, 4.69) is 24.1 Å². The van der Waals surface area contributed by atoms with E-state index in [9.17, 15) is 19.5 Å². The van der Waals surface area contributed by atoms with Crippen molar-refractivity contribution < 1.29 is 19.5 Å². The number of amides is 2. The van der Waals surface area contributed by atoms with E-state index in [1.807, 2.05) is 32.7 Å². The highest BCUT2D eigenvalue weighted by Crippen LogP contribution is 2.26. The molecule has 32 heavy (non-hydrogen) atoms. The molecule has 2 heterocycles. The van der Waals surface area contributed by atoms with Gasteiger partial charge in [-0.2, -0.15) is 0 Å². The summed E-state index contributed by atoms with van der Waals surface area (Å²) in [6.07, 6.45) is 4.42. The van der Waals surface area contributed by atoms with Gasteiger partial charge in [-0.1, -0.05) is 41.0 Å². The molecular weight excluding hydrogens is 408 g/mol. The number of carboxylic acids is 1. The lowest BCUT2D eigenvalue weighted by Crippen LogP contribution is -2.61. The number of rotatable bonds is 8. The Morgan fingerprint density at radius 1 is 1.06 bits per heavy atom. The van der Waals surface area contributed by atoms with Crippen LogP contribution in [0.2, 0.25) is 0 Å². The topological polar surface area (TPSA) is 93.2 Å². The van der Waals surface area contributed by atoms with Crippen molar-refractivity contribution in [1.29, 1.82) is 0 Å². The summed E-state index contributed by atoms with van der Waals surface area (Å²) in [5.41, 5.74) is -0.451. The molecule has 0 aromatic heterocycles. The maximum atomic E-state index is 13.7. The number of piperidine rings is 1. The van der Waals surface area contributed by atoms with Crippen molar-refractivity contribution in [2.45, 2.75) is 90.9 Å².